The van der Waals surface area contributed by atoms with Crippen molar-refractivity contribution >= 4 is 0 Å². The van der Waals surface area contributed by atoms with Gasteiger partial charge in [0.05, 0.1) is 20.3 Å². The summed E-state index contributed by atoms with van der Waals surface area (Å²) < 4.78 is 45.1. The van der Waals surface area contributed by atoms with Gasteiger partial charge in [0, 0.05) is 6.42 Å². The van der Waals surface area contributed by atoms with E-state index in [0.29, 0.717) is 37.4 Å². The Hall–Kier alpha value is -1.46. The predicted octanol–water partition coefficient (Wildman–Crippen LogP) is 6.83. The molecule has 0 spiro atoms. The molecule has 0 saturated carbocycles. The first kappa shape index (κ1) is 22.2. The van der Waals surface area contributed by atoms with Gasteiger partial charge in [-0.25, -0.2) is 8.78 Å². The van der Waals surface area contributed by atoms with Crippen LogP contribution in [-0.2, 0) is 14.2 Å². The quantitative estimate of drug-likeness (QED) is 0.391. The predicted molar refractivity (Wildman–Crippen MR) is 110 cm³/mol. The van der Waals surface area contributed by atoms with E-state index in [1.54, 1.807) is 0 Å². The van der Waals surface area contributed by atoms with Gasteiger partial charge in [0.15, 0.2) is 17.9 Å². The van der Waals surface area contributed by atoms with E-state index in [-0.39, 0.29) is 12.0 Å². The van der Waals surface area contributed by atoms with Crippen molar-refractivity contribution < 1.29 is 23.0 Å². The lowest BCUT2D eigenvalue weighted by molar-refractivity contribution is -0.171. The fourth-order valence-electron chi connectivity index (χ4n) is 4.28. The van der Waals surface area contributed by atoms with Crippen LogP contribution in [0.25, 0.3) is 0 Å². The van der Waals surface area contributed by atoms with E-state index < -0.39 is 11.7 Å². The standard InChI is InChI=1S/C24H34F2O3/c1-3-4-5-6-17-9-14-22(28-15-17)29-16-18-7-10-19(11-8-18)20-12-13-21(27-2)24(26)23(20)25/h7,10,17,22H,3-6,8-9,11-16H2,1-2H3. The van der Waals surface area contributed by atoms with E-state index in [2.05, 4.69) is 6.92 Å². The second kappa shape index (κ2) is 11.1. The topological polar surface area (TPSA) is 27.7 Å². The van der Waals surface area contributed by atoms with Gasteiger partial charge >= 0.3 is 0 Å². The van der Waals surface area contributed by atoms with Crippen molar-refractivity contribution in [3.05, 3.63) is 46.3 Å². The molecule has 0 radical (unpaired) electrons. The minimum atomic E-state index is -0.852. The molecule has 0 aromatic carbocycles. The number of ether oxygens (including phenoxy) is 3. The molecular weight excluding hydrogens is 374 g/mol. The lowest BCUT2D eigenvalue weighted by Gasteiger charge is -2.29. The summed E-state index contributed by atoms with van der Waals surface area (Å²) in [5.74, 6) is -0.841. The number of rotatable bonds is 9. The lowest BCUT2D eigenvalue weighted by Crippen LogP contribution is -2.28. The largest absolute Gasteiger partial charge is 0.498 e. The molecule has 0 bridgehead atoms. The maximum absolute atomic E-state index is 14.3. The highest BCUT2D eigenvalue weighted by molar-refractivity contribution is 5.46. The molecule has 0 aromatic rings. The van der Waals surface area contributed by atoms with Gasteiger partial charge in [-0.1, -0.05) is 38.3 Å². The highest BCUT2D eigenvalue weighted by Gasteiger charge is 2.26. The molecule has 162 valence electrons. The normalized spacial score (nSPS) is 25.8. The van der Waals surface area contributed by atoms with Gasteiger partial charge < -0.3 is 14.2 Å². The molecule has 0 aromatic heterocycles. The molecule has 2 unspecified atom stereocenters. The molecule has 3 aliphatic rings. The van der Waals surface area contributed by atoms with Gasteiger partial charge in [0.1, 0.15) is 5.76 Å². The minimum Gasteiger partial charge on any atom is -0.498 e. The Bertz CT molecular complexity index is 682. The molecule has 29 heavy (non-hydrogen) atoms. The zero-order chi connectivity index (χ0) is 20.6. The van der Waals surface area contributed by atoms with Crippen LogP contribution in [0.2, 0.25) is 0 Å². The van der Waals surface area contributed by atoms with Crippen LogP contribution >= 0.6 is 0 Å². The SMILES string of the molecule is CCCCCC1CCC(OCC2=CC=C(C3=C(F)C(F)=C(OC)CC3)CC2)OC1. The molecule has 1 fully saturated rings. The fourth-order valence-corrected chi connectivity index (χ4v) is 4.28. The van der Waals surface area contributed by atoms with Crippen molar-refractivity contribution in [2.45, 2.75) is 77.4 Å². The van der Waals surface area contributed by atoms with Gasteiger partial charge in [0.2, 0.25) is 0 Å². The number of methoxy groups -OCH3 is 1. The highest BCUT2D eigenvalue weighted by atomic mass is 19.2. The number of allylic oxidation sites excluding steroid dienone is 7. The zero-order valence-electron chi connectivity index (χ0n) is 17.8. The number of hydrogen-bond donors (Lipinski definition) is 0. The van der Waals surface area contributed by atoms with Crippen molar-refractivity contribution in [1.29, 1.82) is 0 Å². The Labute approximate surface area is 173 Å². The number of unbranched alkanes of at least 4 members (excludes halogenated alkanes) is 2. The molecule has 1 heterocycles. The maximum atomic E-state index is 14.3. The van der Waals surface area contributed by atoms with Crippen LogP contribution in [0.3, 0.4) is 0 Å². The van der Waals surface area contributed by atoms with Crippen LogP contribution < -0.4 is 0 Å². The van der Waals surface area contributed by atoms with Gasteiger partial charge in [-0.2, -0.15) is 0 Å². The molecule has 2 atom stereocenters. The van der Waals surface area contributed by atoms with Gasteiger partial charge in [-0.3, -0.25) is 0 Å². The van der Waals surface area contributed by atoms with Crippen molar-refractivity contribution in [3.8, 4) is 0 Å². The lowest BCUT2D eigenvalue weighted by atomic mass is 9.88. The summed E-state index contributed by atoms with van der Waals surface area (Å²) in [5.41, 5.74) is 2.53. The maximum Gasteiger partial charge on any atom is 0.196 e. The summed E-state index contributed by atoms with van der Waals surface area (Å²) in [4.78, 5) is 0. The first-order valence-electron chi connectivity index (χ1n) is 11.1. The number of hydrogen-bond acceptors (Lipinski definition) is 3. The second-order valence-corrected chi connectivity index (χ2v) is 8.26. The van der Waals surface area contributed by atoms with Crippen LogP contribution in [0.5, 0.6) is 0 Å². The molecule has 2 aliphatic carbocycles. The Morgan fingerprint density at radius 2 is 1.90 bits per heavy atom. The molecule has 5 heteroatoms. The highest BCUT2D eigenvalue weighted by Crippen LogP contribution is 2.38. The van der Waals surface area contributed by atoms with E-state index >= 15 is 0 Å². The van der Waals surface area contributed by atoms with Crippen molar-refractivity contribution in [2.75, 3.05) is 20.3 Å². The summed E-state index contributed by atoms with van der Waals surface area (Å²) in [6, 6.07) is 0. The average molecular weight is 409 g/mol. The third kappa shape index (κ3) is 6.02. The summed E-state index contributed by atoms with van der Waals surface area (Å²) >= 11 is 0. The van der Waals surface area contributed by atoms with Crippen LogP contribution in [0, 0.1) is 5.92 Å². The molecular formula is C24H34F2O3. The zero-order valence-corrected chi connectivity index (χ0v) is 17.8. The third-order valence-electron chi connectivity index (χ3n) is 6.17. The summed E-state index contributed by atoms with van der Waals surface area (Å²) in [7, 11) is 1.38. The Morgan fingerprint density at radius 3 is 2.55 bits per heavy atom. The monoisotopic (exact) mass is 408 g/mol. The second-order valence-electron chi connectivity index (χ2n) is 8.26. The Kier molecular flexibility index (Phi) is 8.49. The summed E-state index contributed by atoms with van der Waals surface area (Å²) in [6.45, 7) is 3.57. The molecule has 1 aliphatic heterocycles. The molecule has 0 amide bonds. The van der Waals surface area contributed by atoms with Crippen molar-refractivity contribution in [3.63, 3.8) is 0 Å². The van der Waals surface area contributed by atoms with Crippen LogP contribution in [0.1, 0.15) is 71.1 Å². The number of halogens is 2. The molecule has 3 rings (SSSR count). The third-order valence-corrected chi connectivity index (χ3v) is 6.17. The van der Waals surface area contributed by atoms with E-state index in [9.17, 15) is 8.78 Å². The Morgan fingerprint density at radius 1 is 1.03 bits per heavy atom. The van der Waals surface area contributed by atoms with Gasteiger partial charge in [-0.05, 0) is 61.2 Å². The van der Waals surface area contributed by atoms with E-state index in [1.807, 2.05) is 12.2 Å². The van der Waals surface area contributed by atoms with Crippen molar-refractivity contribution in [1.82, 2.24) is 0 Å². The van der Waals surface area contributed by atoms with Crippen LogP contribution in [0.4, 0.5) is 8.78 Å². The van der Waals surface area contributed by atoms with Crippen LogP contribution in [-0.4, -0.2) is 26.6 Å². The fraction of sp³-hybridized carbons (Fsp3) is 0.667. The first-order valence-corrected chi connectivity index (χ1v) is 11.1. The first-order chi connectivity index (χ1) is 14.1. The summed E-state index contributed by atoms with van der Waals surface area (Å²) in [5, 5.41) is 0. The van der Waals surface area contributed by atoms with Crippen molar-refractivity contribution in [2.24, 2.45) is 5.92 Å². The van der Waals surface area contributed by atoms with Gasteiger partial charge in [-0.15, -0.1) is 0 Å². The smallest absolute Gasteiger partial charge is 0.196 e. The molecule has 1 saturated heterocycles. The van der Waals surface area contributed by atoms with Crippen LogP contribution in [0.15, 0.2) is 46.3 Å². The minimum absolute atomic E-state index is 0.104. The molecule has 3 nitrogen and oxygen atoms in total. The Balaban J connectivity index is 1.46. The average Bonchev–Trinajstić information content (AvgIpc) is 2.76. The summed E-state index contributed by atoms with van der Waals surface area (Å²) in [6.07, 6.45) is 13.4. The van der Waals surface area contributed by atoms with E-state index in [4.69, 9.17) is 14.2 Å². The van der Waals surface area contributed by atoms with E-state index in [0.717, 1.165) is 25.0 Å². The van der Waals surface area contributed by atoms with E-state index in [1.165, 1.54) is 44.8 Å². The van der Waals surface area contributed by atoms with Gasteiger partial charge in [0.25, 0.3) is 0 Å². The molecule has 0 N–H and O–H groups in total.